The lowest BCUT2D eigenvalue weighted by molar-refractivity contribution is 0.112. The van der Waals surface area contributed by atoms with Gasteiger partial charge in [0.25, 0.3) is 0 Å². The fourth-order valence-corrected chi connectivity index (χ4v) is 11.6. The van der Waals surface area contributed by atoms with E-state index in [1.807, 2.05) is 170 Å². The molecular weight excluding hydrogens is 1020 g/mol. The van der Waals surface area contributed by atoms with Crippen molar-refractivity contribution in [1.29, 1.82) is 0 Å². The molecule has 80 heavy (non-hydrogen) atoms. The van der Waals surface area contributed by atoms with Crippen LogP contribution < -0.4 is 28.4 Å². The monoisotopic (exact) mass is 1090 g/mol. The summed E-state index contributed by atoms with van der Waals surface area (Å²) in [6.45, 7) is 0. The molecule has 0 N–H and O–H groups in total. The summed E-state index contributed by atoms with van der Waals surface area (Å²) in [4.78, 5) is 0. The van der Waals surface area contributed by atoms with Crippen molar-refractivity contribution < 1.29 is 42.4 Å². The highest BCUT2D eigenvalue weighted by Crippen LogP contribution is 2.42. The van der Waals surface area contributed by atoms with Gasteiger partial charge in [-0.1, -0.05) is 181 Å². The van der Waals surface area contributed by atoms with E-state index in [9.17, 15) is 0 Å². The standard InChI is InChI=1S/C70H70O9S/c1-72-63-27-15-9-21-51(63)33-37-57-45-69(78-7,43-41-55-25-13-19-31-67(55)76-5)46-58(38-34-52-22-10-16-28-64(52)73-2)61(57)49-80(71)50-62-59(39-35-53-23-11-17-29-65(53)74-3)47-70(79-8,44-42-56-26-14-20-32-68(56)77-6)48-60(62)40-36-54-24-12-18-30-66(54)75-4/h9-48,61-62H,49-50H2,1-8H3/b37-33+,38-34+,39-35+,40-36+,43-41+,44-42+. The van der Waals surface area contributed by atoms with Crippen LogP contribution in [0.25, 0.3) is 36.5 Å². The van der Waals surface area contributed by atoms with Crippen molar-refractivity contribution >= 4 is 47.6 Å². The van der Waals surface area contributed by atoms with Crippen molar-refractivity contribution in [3.8, 4) is 34.5 Å². The van der Waals surface area contributed by atoms with Crippen LogP contribution in [0.4, 0.5) is 0 Å². The number of hydrogen-bond donors (Lipinski definition) is 0. The number of allylic oxidation sites excluding steroid dienone is 8. The molecule has 6 aromatic rings. The summed E-state index contributed by atoms with van der Waals surface area (Å²) in [5.41, 5.74) is 6.87. The average Bonchev–Trinajstić information content (AvgIpc) is 3.57. The molecule has 10 heteroatoms. The van der Waals surface area contributed by atoms with Gasteiger partial charge in [0.2, 0.25) is 0 Å². The fraction of sp³-hybridized carbons (Fsp3) is 0.200. The highest BCUT2D eigenvalue weighted by Gasteiger charge is 2.38. The maximum atomic E-state index is 15.8. The Balaban J connectivity index is 1.28. The number of benzene rings is 6. The number of para-hydroxylation sites is 6. The summed E-state index contributed by atoms with van der Waals surface area (Å²) < 4.78 is 63.7. The zero-order chi connectivity index (χ0) is 56.3. The molecule has 0 heterocycles. The van der Waals surface area contributed by atoms with E-state index in [1.54, 1.807) is 56.9 Å². The van der Waals surface area contributed by atoms with Gasteiger partial charge in [-0.25, -0.2) is 0 Å². The summed E-state index contributed by atoms with van der Waals surface area (Å²) in [7, 11) is 13.4. The van der Waals surface area contributed by atoms with Gasteiger partial charge in [0.15, 0.2) is 0 Å². The molecule has 2 aliphatic carbocycles. The third kappa shape index (κ3) is 14.3. The molecule has 0 aliphatic heterocycles. The second kappa shape index (κ2) is 28.1. The van der Waals surface area contributed by atoms with Crippen LogP contribution in [0.15, 0.2) is 229 Å². The molecular formula is C70H70O9S. The molecule has 8 rings (SSSR count). The van der Waals surface area contributed by atoms with Crippen LogP contribution in [0, 0.1) is 11.8 Å². The van der Waals surface area contributed by atoms with Crippen LogP contribution in [0.5, 0.6) is 34.5 Å². The first-order valence-corrected chi connectivity index (χ1v) is 27.8. The van der Waals surface area contributed by atoms with Crippen molar-refractivity contribution in [1.82, 2.24) is 0 Å². The maximum absolute atomic E-state index is 15.8. The van der Waals surface area contributed by atoms with E-state index in [-0.39, 0.29) is 23.3 Å². The average molecular weight is 1090 g/mol. The van der Waals surface area contributed by atoms with Crippen molar-refractivity contribution in [2.24, 2.45) is 11.8 Å². The Morgan fingerprint density at radius 3 is 0.750 bits per heavy atom. The van der Waals surface area contributed by atoms with Crippen molar-refractivity contribution in [2.75, 3.05) is 68.4 Å². The lowest BCUT2D eigenvalue weighted by atomic mass is 9.79. The Morgan fingerprint density at radius 1 is 0.325 bits per heavy atom. The summed E-state index contributed by atoms with van der Waals surface area (Å²) in [5, 5.41) is 0. The predicted molar refractivity (Wildman–Crippen MR) is 329 cm³/mol. The van der Waals surface area contributed by atoms with E-state index < -0.39 is 22.4 Å². The van der Waals surface area contributed by atoms with E-state index in [2.05, 4.69) is 72.9 Å². The minimum absolute atomic E-state index is 0.257. The Bertz CT molecular complexity index is 3010. The molecule has 0 fully saturated rings. The summed E-state index contributed by atoms with van der Waals surface area (Å²) in [6, 6.07) is 47.3. The Labute approximate surface area is 475 Å². The van der Waals surface area contributed by atoms with E-state index in [0.29, 0.717) is 0 Å². The number of methoxy groups -OCH3 is 8. The molecule has 0 unspecified atom stereocenters. The first kappa shape index (κ1) is 57.9. The molecule has 0 spiro atoms. The highest BCUT2D eigenvalue weighted by molar-refractivity contribution is 7.91. The largest absolute Gasteiger partial charge is 0.616 e. The second-order valence-corrected chi connectivity index (χ2v) is 20.6. The van der Waals surface area contributed by atoms with Crippen LogP contribution in [0.2, 0.25) is 0 Å². The van der Waals surface area contributed by atoms with Gasteiger partial charge in [-0.05, 0) is 95.1 Å². The summed E-state index contributed by atoms with van der Waals surface area (Å²) in [6.07, 6.45) is 33.2. The highest BCUT2D eigenvalue weighted by atomic mass is 32.2. The minimum Gasteiger partial charge on any atom is -0.616 e. The van der Waals surface area contributed by atoms with Gasteiger partial charge in [-0.2, -0.15) is 0 Å². The Morgan fingerprint density at radius 2 is 0.537 bits per heavy atom. The Kier molecular flexibility index (Phi) is 20.3. The number of rotatable bonds is 24. The molecule has 0 saturated heterocycles. The first-order chi connectivity index (χ1) is 39.1. The van der Waals surface area contributed by atoms with Gasteiger partial charge in [0, 0.05) is 47.6 Å². The van der Waals surface area contributed by atoms with Crippen LogP contribution >= 0.6 is 0 Å². The van der Waals surface area contributed by atoms with Crippen LogP contribution in [-0.4, -0.2) is 84.1 Å². The van der Waals surface area contributed by atoms with Gasteiger partial charge in [-0.15, -0.1) is 0 Å². The molecule has 9 nitrogen and oxygen atoms in total. The molecule has 0 amide bonds. The quantitative estimate of drug-likeness (QED) is 0.0549. The lowest BCUT2D eigenvalue weighted by Crippen LogP contribution is -2.35. The van der Waals surface area contributed by atoms with Gasteiger partial charge < -0.3 is 42.4 Å². The third-order valence-corrected chi connectivity index (χ3v) is 15.7. The van der Waals surface area contributed by atoms with Gasteiger partial charge in [0.05, 0.1) is 54.5 Å². The molecule has 0 aromatic heterocycles. The second-order valence-electron chi connectivity index (χ2n) is 19.0. The van der Waals surface area contributed by atoms with E-state index in [1.165, 1.54) is 0 Å². The molecule has 2 aliphatic rings. The molecule has 0 atom stereocenters. The van der Waals surface area contributed by atoms with Gasteiger partial charge >= 0.3 is 0 Å². The molecule has 6 aromatic carbocycles. The molecule has 0 bridgehead atoms. The SMILES string of the molecule is COc1ccccc1/C=C/C1=CC(/C=C/c2ccccc2OC)(OC)C=C(/C=C/c2ccccc2OC)C1C[S+]([O-])CC1C(/C=C/c2ccccc2OC)=CC(/C=C/c2ccccc2OC)(OC)C=C1/C=C/c1ccccc1OC. The number of ether oxygens (including phenoxy) is 8. The van der Waals surface area contributed by atoms with E-state index in [0.717, 1.165) is 90.2 Å². The molecule has 410 valence electrons. The summed E-state index contributed by atoms with van der Waals surface area (Å²) >= 11 is -1.49. The van der Waals surface area contributed by atoms with E-state index >= 15 is 4.55 Å². The molecule has 0 radical (unpaired) electrons. The van der Waals surface area contributed by atoms with Gasteiger partial charge in [0.1, 0.15) is 57.2 Å². The summed E-state index contributed by atoms with van der Waals surface area (Å²) in [5.74, 6) is 4.12. The smallest absolute Gasteiger partial charge is 0.126 e. The lowest BCUT2D eigenvalue weighted by Gasteiger charge is -2.35. The Hall–Kier alpha value is -8.25. The fourth-order valence-electron chi connectivity index (χ4n) is 9.97. The van der Waals surface area contributed by atoms with Crippen LogP contribution in [-0.2, 0) is 20.6 Å². The minimum atomic E-state index is -1.49. The predicted octanol–water partition coefficient (Wildman–Crippen LogP) is 14.8. The van der Waals surface area contributed by atoms with Crippen molar-refractivity contribution in [3.05, 3.63) is 262 Å². The normalized spacial score (nSPS) is 19.8. The van der Waals surface area contributed by atoms with Crippen molar-refractivity contribution in [2.45, 2.75) is 11.2 Å². The zero-order valence-electron chi connectivity index (χ0n) is 46.7. The van der Waals surface area contributed by atoms with Crippen LogP contribution in [0.3, 0.4) is 0 Å². The third-order valence-electron chi connectivity index (χ3n) is 14.3. The number of hydrogen-bond acceptors (Lipinski definition) is 9. The first-order valence-electron chi connectivity index (χ1n) is 26.4. The zero-order valence-corrected chi connectivity index (χ0v) is 47.6. The molecule has 0 saturated carbocycles. The van der Waals surface area contributed by atoms with Gasteiger partial charge in [-0.3, -0.25) is 0 Å². The maximum Gasteiger partial charge on any atom is 0.126 e. The van der Waals surface area contributed by atoms with E-state index in [4.69, 9.17) is 37.9 Å². The topological polar surface area (TPSA) is 96.9 Å². The van der Waals surface area contributed by atoms with Crippen molar-refractivity contribution in [3.63, 3.8) is 0 Å². The van der Waals surface area contributed by atoms with Crippen LogP contribution in [0.1, 0.15) is 33.4 Å².